The van der Waals surface area contributed by atoms with Crippen LogP contribution in [-0.2, 0) is 9.59 Å². The third kappa shape index (κ3) is 3.06. The van der Waals surface area contributed by atoms with Gasteiger partial charge < -0.3 is 10.6 Å². The molecule has 0 aliphatic heterocycles. The van der Waals surface area contributed by atoms with E-state index < -0.39 is 0 Å². The average molecular weight is 252 g/mol. The van der Waals surface area contributed by atoms with Crippen molar-refractivity contribution in [1.29, 1.82) is 0 Å². The van der Waals surface area contributed by atoms with Gasteiger partial charge >= 0.3 is 0 Å². The van der Waals surface area contributed by atoms with E-state index in [1.54, 1.807) is 0 Å². The van der Waals surface area contributed by atoms with Crippen molar-refractivity contribution in [3.8, 4) is 0 Å². The van der Waals surface area contributed by atoms with Gasteiger partial charge in [-0.2, -0.15) is 0 Å². The van der Waals surface area contributed by atoms with Gasteiger partial charge in [-0.1, -0.05) is 19.3 Å². The Kier molecular flexibility index (Phi) is 3.91. The van der Waals surface area contributed by atoms with Crippen molar-refractivity contribution in [2.75, 3.05) is 10.6 Å². The molecule has 2 rings (SSSR count). The van der Waals surface area contributed by atoms with Crippen LogP contribution in [0.3, 0.4) is 0 Å². The van der Waals surface area contributed by atoms with Gasteiger partial charge in [-0.15, -0.1) is 0 Å². The molecule has 7 nitrogen and oxygen atoms in total. The molecule has 1 aromatic heterocycles. The Labute approximate surface area is 104 Å². The number of amides is 2. The second kappa shape index (κ2) is 5.61. The van der Waals surface area contributed by atoms with E-state index in [-0.39, 0.29) is 29.4 Å². The van der Waals surface area contributed by atoms with Crippen molar-refractivity contribution in [2.45, 2.75) is 39.0 Å². The first-order chi connectivity index (χ1) is 8.66. The molecule has 2 N–H and O–H groups in total. The van der Waals surface area contributed by atoms with Gasteiger partial charge in [0.25, 0.3) is 0 Å². The fourth-order valence-corrected chi connectivity index (χ4v) is 2.10. The lowest BCUT2D eigenvalue weighted by Gasteiger charge is -2.19. The molecule has 7 heteroatoms. The van der Waals surface area contributed by atoms with Crippen LogP contribution < -0.4 is 10.6 Å². The highest BCUT2D eigenvalue weighted by molar-refractivity contribution is 5.97. The predicted molar refractivity (Wildman–Crippen MR) is 63.8 cm³/mol. The molecule has 1 heterocycles. The second-order valence-corrected chi connectivity index (χ2v) is 4.47. The number of hydrogen-bond donors (Lipinski definition) is 2. The molecule has 0 spiro atoms. The van der Waals surface area contributed by atoms with Crippen LogP contribution in [0.2, 0.25) is 0 Å². The summed E-state index contributed by atoms with van der Waals surface area (Å²) in [6.07, 6.45) is 5.13. The molecule has 1 aliphatic rings. The first-order valence-corrected chi connectivity index (χ1v) is 6.08. The van der Waals surface area contributed by atoms with Crippen LogP contribution in [0.15, 0.2) is 4.63 Å². The van der Waals surface area contributed by atoms with Crippen LogP contribution in [0.25, 0.3) is 0 Å². The Bertz CT molecular complexity index is 437. The third-order valence-electron chi connectivity index (χ3n) is 3.00. The van der Waals surface area contributed by atoms with Gasteiger partial charge in [0.05, 0.1) is 0 Å². The summed E-state index contributed by atoms with van der Waals surface area (Å²) in [6.45, 7) is 1.35. The minimum atomic E-state index is -0.293. The Hall–Kier alpha value is -1.92. The highest BCUT2D eigenvalue weighted by atomic mass is 16.6. The zero-order chi connectivity index (χ0) is 13.0. The average Bonchev–Trinajstić information content (AvgIpc) is 2.77. The summed E-state index contributed by atoms with van der Waals surface area (Å²) in [5.74, 6) is -0.0519. The summed E-state index contributed by atoms with van der Waals surface area (Å²) in [6, 6.07) is 0. The lowest BCUT2D eigenvalue weighted by molar-refractivity contribution is -0.120. The van der Waals surface area contributed by atoms with Gasteiger partial charge in [-0.05, 0) is 23.2 Å². The largest absolute Gasteiger partial charge is 0.305 e. The van der Waals surface area contributed by atoms with Gasteiger partial charge in [0, 0.05) is 12.8 Å². The lowest BCUT2D eigenvalue weighted by atomic mass is 9.89. The Balaban J connectivity index is 1.97. The van der Waals surface area contributed by atoms with Gasteiger partial charge in [0.15, 0.2) is 0 Å². The zero-order valence-corrected chi connectivity index (χ0v) is 10.2. The molecular weight excluding hydrogens is 236 g/mol. The van der Waals surface area contributed by atoms with E-state index in [4.69, 9.17) is 0 Å². The van der Waals surface area contributed by atoms with Crippen molar-refractivity contribution >= 4 is 23.5 Å². The standard InChI is InChI=1S/C11H16N4O3/c1-7(16)12-9-10(15-18-14-9)13-11(17)8-5-3-2-4-6-8/h8H,2-6H2,1H3,(H,12,14,16)(H,13,15,17). The highest BCUT2D eigenvalue weighted by Crippen LogP contribution is 2.25. The minimum Gasteiger partial charge on any atom is -0.305 e. The van der Waals surface area contributed by atoms with Crippen molar-refractivity contribution in [3.05, 3.63) is 0 Å². The first kappa shape index (κ1) is 12.5. The van der Waals surface area contributed by atoms with Crippen molar-refractivity contribution < 1.29 is 14.2 Å². The molecule has 98 valence electrons. The van der Waals surface area contributed by atoms with E-state index in [0.717, 1.165) is 25.7 Å². The van der Waals surface area contributed by atoms with Crippen LogP contribution in [0.1, 0.15) is 39.0 Å². The topological polar surface area (TPSA) is 97.1 Å². The van der Waals surface area contributed by atoms with E-state index in [2.05, 4.69) is 25.6 Å². The Morgan fingerprint density at radius 3 is 2.33 bits per heavy atom. The van der Waals surface area contributed by atoms with Crippen LogP contribution in [-0.4, -0.2) is 22.1 Å². The molecule has 1 aliphatic carbocycles. The van der Waals surface area contributed by atoms with Gasteiger partial charge in [-0.25, -0.2) is 4.63 Å². The predicted octanol–water partition coefficient (Wildman–Crippen LogP) is 1.55. The van der Waals surface area contributed by atoms with Gasteiger partial charge in [0.2, 0.25) is 23.5 Å². The third-order valence-corrected chi connectivity index (χ3v) is 3.00. The molecule has 1 aromatic rings. The molecule has 1 fully saturated rings. The number of nitrogens with one attached hydrogen (secondary N) is 2. The monoisotopic (exact) mass is 252 g/mol. The molecule has 2 amide bonds. The number of rotatable bonds is 3. The smallest absolute Gasteiger partial charge is 0.228 e. The summed E-state index contributed by atoms with van der Waals surface area (Å²) in [5.41, 5.74) is 0. The molecule has 0 saturated heterocycles. The normalized spacial score (nSPS) is 16.3. The number of nitrogens with zero attached hydrogens (tertiary/aromatic N) is 2. The second-order valence-electron chi connectivity index (χ2n) is 4.47. The van der Waals surface area contributed by atoms with Crippen molar-refractivity contribution in [1.82, 2.24) is 10.3 Å². The summed E-state index contributed by atoms with van der Waals surface area (Å²) >= 11 is 0. The van der Waals surface area contributed by atoms with Gasteiger partial charge in [-0.3, -0.25) is 9.59 Å². The van der Waals surface area contributed by atoms with E-state index in [0.29, 0.717) is 0 Å². The maximum absolute atomic E-state index is 12.0. The molecule has 18 heavy (non-hydrogen) atoms. The van der Waals surface area contributed by atoms with Crippen LogP contribution >= 0.6 is 0 Å². The highest BCUT2D eigenvalue weighted by Gasteiger charge is 2.23. The molecule has 0 radical (unpaired) electrons. The zero-order valence-electron chi connectivity index (χ0n) is 10.2. The van der Waals surface area contributed by atoms with Gasteiger partial charge in [0.1, 0.15) is 0 Å². The van der Waals surface area contributed by atoms with Crippen molar-refractivity contribution in [3.63, 3.8) is 0 Å². The van der Waals surface area contributed by atoms with E-state index in [1.807, 2.05) is 0 Å². The lowest BCUT2D eigenvalue weighted by Crippen LogP contribution is -2.25. The number of hydrogen-bond acceptors (Lipinski definition) is 5. The molecule has 1 saturated carbocycles. The van der Waals surface area contributed by atoms with Crippen molar-refractivity contribution in [2.24, 2.45) is 5.92 Å². The summed E-state index contributed by atoms with van der Waals surface area (Å²) < 4.78 is 4.51. The van der Waals surface area contributed by atoms with E-state index >= 15 is 0 Å². The quantitative estimate of drug-likeness (QED) is 0.850. The Morgan fingerprint density at radius 2 is 1.72 bits per heavy atom. The molecule has 0 bridgehead atoms. The van der Waals surface area contributed by atoms with E-state index in [1.165, 1.54) is 13.3 Å². The fraction of sp³-hybridized carbons (Fsp3) is 0.636. The maximum atomic E-state index is 12.0. The van der Waals surface area contributed by atoms with Crippen LogP contribution in [0.5, 0.6) is 0 Å². The summed E-state index contributed by atoms with van der Waals surface area (Å²) in [4.78, 5) is 22.9. The first-order valence-electron chi connectivity index (χ1n) is 6.08. The number of aromatic nitrogens is 2. The number of carbonyl (C=O) groups excluding carboxylic acids is 2. The van der Waals surface area contributed by atoms with E-state index in [9.17, 15) is 9.59 Å². The SMILES string of the molecule is CC(=O)Nc1nonc1NC(=O)C1CCCCC1. The minimum absolute atomic E-state index is 0.0145. The molecule has 0 atom stereocenters. The molecular formula is C11H16N4O3. The summed E-state index contributed by atoms with van der Waals surface area (Å²) in [5, 5.41) is 12.2. The number of carbonyl (C=O) groups is 2. The summed E-state index contributed by atoms with van der Waals surface area (Å²) in [7, 11) is 0. The molecule has 0 unspecified atom stereocenters. The fourth-order valence-electron chi connectivity index (χ4n) is 2.10. The number of anilines is 2. The Morgan fingerprint density at radius 1 is 1.11 bits per heavy atom. The maximum Gasteiger partial charge on any atom is 0.228 e. The molecule has 0 aromatic carbocycles. The van der Waals surface area contributed by atoms with Crippen LogP contribution in [0, 0.1) is 5.92 Å². The van der Waals surface area contributed by atoms with Crippen LogP contribution in [0.4, 0.5) is 11.6 Å².